The second-order valence-corrected chi connectivity index (χ2v) is 4.68. The molecule has 0 aromatic heterocycles. The summed E-state index contributed by atoms with van der Waals surface area (Å²) in [4.78, 5) is 22.3. The van der Waals surface area contributed by atoms with Gasteiger partial charge in [-0.3, -0.25) is 4.79 Å². The molecule has 2 aromatic rings. The number of carbonyl (C=O) groups excluding carboxylic acids is 1. The predicted molar refractivity (Wildman–Crippen MR) is 87.6 cm³/mol. The molecule has 0 bridgehead atoms. The van der Waals surface area contributed by atoms with E-state index < -0.39 is 12.6 Å². The van der Waals surface area contributed by atoms with Crippen molar-refractivity contribution in [2.24, 2.45) is 5.10 Å². The average Bonchev–Trinajstić information content (AvgIpc) is 2.61. The van der Waals surface area contributed by atoms with E-state index in [0.717, 1.165) is 5.56 Å². The summed E-state index contributed by atoms with van der Waals surface area (Å²) in [6, 6.07) is 13.3. The molecule has 2 N–H and O–H groups in total. The van der Waals surface area contributed by atoms with Crippen molar-refractivity contribution in [3.8, 4) is 11.5 Å². The SMILES string of the molecule is COc1ccc(C(=O)N/N=C/c2ccc(OCC(=O)O)cc2)cc1. The quantitative estimate of drug-likeness (QED) is 0.598. The van der Waals surface area contributed by atoms with Gasteiger partial charge in [-0.15, -0.1) is 0 Å². The van der Waals surface area contributed by atoms with Crippen molar-refractivity contribution in [2.45, 2.75) is 0 Å². The number of carboxylic acid groups (broad SMARTS) is 1. The van der Waals surface area contributed by atoms with E-state index >= 15 is 0 Å². The fourth-order valence-electron chi connectivity index (χ4n) is 1.77. The molecule has 0 saturated carbocycles. The molecule has 0 aliphatic rings. The van der Waals surface area contributed by atoms with Crippen molar-refractivity contribution in [1.82, 2.24) is 5.43 Å². The Labute approximate surface area is 138 Å². The van der Waals surface area contributed by atoms with Crippen molar-refractivity contribution < 1.29 is 24.2 Å². The Morgan fingerprint density at radius 1 is 1.08 bits per heavy atom. The maximum atomic E-state index is 11.9. The van der Waals surface area contributed by atoms with E-state index in [4.69, 9.17) is 14.6 Å². The molecule has 0 spiro atoms. The molecule has 0 heterocycles. The first-order valence-corrected chi connectivity index (χ1v) is 7.00. The van der Waals surface area contributed by atoms with Crippen molar-refractivity contribution in [2.75, 3.05) is 13.7 Å². The highest BCUT2D eigenvalue weighted by atomic mass is 16.5. The topological polar surface area (TPSA) is 97.2 Å². The van der Waals surface area contributed by atoms with Gasteiger partial charge in [-0.05, 0) is 54.1 Å². The van der Waals surface area contributed by atoms with Crippen molar-refractivity contribution in [3.63, 3.8) is 0 Å². The van der Waals surface area contributed by atoms with Crippen LogP contribution in [0.1, 0.15) is 15.9 Å². The number of methoxy groups -OCH3 is 1. The summed E-state index contributed by atoms with van der Waals surface area (Å²) < 4.78 is 10.0. The van der Waals surface area contributed by atoms with Crippen LogP contribution in [0.3, 0.4) is 0 Å². The number of aliphatic carboxylic acids is 1. The van der Waals surface area contributed by atoms with Crippen LogP contribution in [0.5, 0.6) is 11.5 Å². The minimum atomic E-state index is -1.04. The van der Waals surface area contributed by atoms with Gasteiger partial charge in [0.15, 0.2) is 6.61 Å². The monoisotopic (exact) mass is 328 g/mol. The molecule has 0 aliphatic heterocycles. The highest BCUT2D eigenvalue weighted by Crippen LogP contribution is 2.12. The average molecular weight is 328 g/mol. The van der Waals surface area contributed by atoms with E-state index in [1.165, 1.54) is 6.21 Å². The lowest BCUT2D eigenvalue weighted by atomic mass is 10.2. The van der Waals surface area contributed by atoms with E-state index in [-0.39, 0.29) is 5.91 Å². The minimum Gasteiger partial charge on any atom is -0.497 e. The van der Waals surface area contributed by atoms with Crippen LogP contribution in [0.4, 0.5) is 0 Å². The molecule has 7 heteroatoms. The fourth-order valence-corrected chi connectivity index (χ4v) is 1.77. The molecule has 2 rings (SSSR count). The van der Waals surface area contributed by atoms with Crippen LogP contribution in [0.15, 0.2) is 53.6 Å². The molecule has 7 nitrogen and oxygen atoms in total. The van der Waals surface area contributed by atoms with Gasteiger partial charge in [-0.2, -0.15) is 5.10 Å². The number of carboxylic acids is 1. The van der Waals surface area contributed by atoms with E-state index in [0.29, 0.717) is 17.1 Å². The van der Waals surface area contributed by atoms with E-state index in [1.807, 2.05) is 0 Å². The maximum Gasteiger partial charge on any atom is 0.341 e. The normalized spacial score (nSPS) is 10.4. The minimum absolute atomic E-state index is 0.338. The standard InChI is InChI=1S/C17H16N2O5/c1-23-14-8-4-13(5-9-14)17(22)19-18-10-12-2-6-15(7-3-12)24-11-16(20)21/h2-10H,11H2,1H3,(H,19,22)(H,20,21)/b18-10+. The predicted octanol–water partition coefficient (Wildman–Crippen LogP) is 1.92. The van der Waals surface area contributed by atoms with Gasteiger partial charge in [-0.25, -0.2) is 10.2 Å². The largest absolute Gasteiger partial charge is 0.497 e. The third-order valence-electron chi connectivity index (χ3n) is 2.97. The summed E-state index contributed by atoms with van der Waals surface area (Å²) in [7, 11) is 1.55. The van der Waals surface area contributed by atoms with Crippen molar-refractivity contribution >= 4 is 18.1 Å². The Kier molecular flexibility index (Phi) is 5.90. The molecule has 2 aromatic carbocycles. The molecule has 24 heavy (non-hydrogen) atoms. The second kappa shape index (κ2) is 8.33. The third-order valence-corrected chi connectivity index (χ3v) is 2.97. The number of amides is 1. The zero-order valence-electron chi connectivity index (χ0n) is 12.9. The lowest BCUT2D eigenvalue weighted by Crippen LogP contribution is -2.17. The Bertz CT molecular complexity index is 724. The molecule has 0 fully saturated rings. The molecule has 0 unspecified atom stereocenters. The van der Waals surface area contributed by atoms with Crippen LogP contribution in [0.25, 0.3) is 0 Å². The number of carbonyl (C=O) groups is 2. The molecule has 124 valence electrons. The summed E-state index contributed by atoms with van der Waals surface area (Å²) in [6.07, 6.45) is 1.47. The van der Waals surface area contributed by atoms with Gasteiger partial charge < -0.3 is 14.6 Å². The maximum absolute atomic E-state index is 11.9. The second-order valence-electron chi connectivity index (χ2n) is 4.68. The van der Waals surface area contributed by atoms with Gasteiger partial charge in [0.05, 0.1) is 13.3 Å². The van der Waals surface area contributed by atoms with Gasteiger partial charge in [0.2, 0.25) is 0 Å². The van der Waals surface area contributed by atoms with Gasteiger partial charge in [0.25, 0.3) is 5.91 Å². The Balaban J connectivity index is 1.88. The number of ether oxygens (including phenoxy) is 2. The van der Waals surface area contributed by atoms with Gasteiger partial charge >= 0.3 is 5.97 Å². The molecule has 1 amide bonds. The summed E-state index contributed by atoms with van der Waals surface area (Å²) in [5.41, 5.74) is 3.61. The van der Waals surface area contributed by atoms with Crippen molar-refractivity contribution in [1.29, 1.82) is 0 Å². The van der Waals surface area contributed by atoms with Gasteiger partial charge in [0, 0.05) is 5.56 Å². The van der Waals surface area contributed by atoms with Gasteiger partial charge in [-0.1, -0.05) is 0 Å². The summed E-state index contributed by atoms with van der Waals surface area (Å²) in [5, 5.41) is 12.4. The number of rotatable bonds is 7. The molecular weight excluding hydrogens is 312 g/mol. The smallest absolute Gasteiger partial charge is 0.341 e. The van der Waals surface area contributed by atoms with Crippen LogP contribution in [0.2, 0.25) is 0 Å². The summed E-state index contributed by atoms with van der Waals surface area (Å²) in [5.74, 6) is -0.269. The lowest BCUT2D eigenvalue weighted by molar-refractivity contribution is -0.139. The Morgan fingerprint density at radius 3 is 2.29 bits per heavy atom. The van der Waals surface area contributed by atoms with Gasteiger partial charge in [0.1, 0.15) is 11.5 Å². The molecule has 0 atom stereocenters. The number of benzene rings is 2. The lowest BCUT2D eigenvalue weighted by Gasteiger charge is -2.03. The van der Waals surface area contributed by atoms with E-state index in [9.17, 15) is 9.59 Å². The molecule has 0 radical (unpaired) electrons. The van der Waals surface area contributed by atoms with Crippen LogP contribution >= 0.6 is 0 Å². The molecule has 0 saturated heterocycles. The summed E-state index contributed by atoms with van der Waals surface area (Å²) in [6.45, 7) is -0.397. The van der Waals surface area contributed by atoms with Crippen LogP contribution < -0.4 is 14.9 Å². The van der Waals surface area contributed by atoms with Crippen LogP contribution in [-0.2, 0) is 4.79 Å². The number of hydrogen-bond donors (Lipinski definition) is 2. The molecule has 0 aliphatic carbocycles. The first kappa shape index (κ1) is 17.0. The van der Waals surface area contributed by atoms with Crippen LogP contribution in [0, 0.1) is 0 Å². The van der Waals surface area contributed by atoms with Crippen molar-refractivity contribution in [3.05, 3.63) is 59.7 Å². The number of hydrogen-bond acceptors (Lipinski definition) is 5. The highest BCUT2D eigenvalue weighted by molar-refractivity contribution is 5.95. The molecular formula is C17H16N2O5. The highest BCUT2D eigenvalue weighted by Gasteiger charge is 2.04. The van der Waals surface area contributed by atoms with E-state index in [2.05, 4.69) is 10.5 Å². The fraction of sp³-hybridized carbons (Fsp3) is 0.118. The Hall–Kier alpha value is -3.35. The zero-order chi connectivity index (χ0) is 17.4. The Morgan fingerprint density at radius 2 is 1.71 bits per heavy atom. The number of hydrazone groups is 1. The zero-order valence-corrected chi connectivity index (χ0v) is 12.9. The number of nitrogens with one attached hydrogen (secondary N) is 1. The first-order valence-electron chi connectivity index (χ1n) is 7.00. The summed E-state index contributed by atoms with van der Waals surface area (Å²) >= 11 is 0. The number of nitrogens with zero attached hydrogens (tertiary/aromatic N) is 1. The third kappa shape index (κ3) is 5.13. The van der Waals surface area contributed by atoms with Crippen LogP contribution in [-0.4, -0.2) is 36.9 Å². The first-order chi connectivity index (χ1) is 11.6. The van der Waals surface area contributed by atoms with E-state index in [1.54, 1.807) is 55.6 Å².